The van der Waals surface area contributed by atoms with Crippen molar-refractivity contribution in [2.24, 2.45) is 0 Å². The topological polar surface area (TPSA) is 82.4 Å². The molecule has 21 heavy (non-hydrogen) atoms. The fourth-order valence-corrected chi connectivity index (χ4v) is 4.11. The first kappa shape index (κ1) is 15.5. The zero-order valence-electron chi connectivity index (χ0n) is 10.3. The molecule has 0 spiro atoms. The van der Waals surface area contributed by atoms with Gasteiger partial charge in [0.2, 0.25) is 0 Å². The molecule has 0 aliphatic carbocycles. The standard InChI is InChI=1S/C12H8F2NO4S2/c13-9-1-5-11(6-2-9)20(16,17)15-21(18,19)12-7-3-10(14)4-8-12/h1-8H/q-1. The van der Waals surface area contributed by atoms with Crippen molar-refractivity contribution < 1.29 is 25.6 Å². The molecule has 0 aliphatic heterocycles. The fourth-order valence-electron chi connectivity index (χ4n) is 1.43. The molecule has 0 atom stereocenters. The second-order valence-electron chi connectivity index (χ2n) is 3.93. The Hall–Kier alpha value is -1.84. The van der Waals surface area contributed by atoms with Gasteiger partial charge in [-0.05, 0) is 48.5 Å². The molecule has 112 valence electrons. The van der Waals surface area contributed by atoms with Crippen LogP contribution in [0, 0.1) is 11.6 Å². The number of hydrogen-bond acceptors (Lipinski definition) is 4. The molecular formula is C12H8F2NO4S2-. The normalized spacial score (nSPS) is 12.3. The van der Waals surface area contributed by atoms with Gasteiger partial charge in [-0.2, -0.15) is 0 Å². The van der Waals surface area contributed by atoms with Crippen LogP contribution in [0.1, 0.15) is 0 Å². The molecule has 5 nitrogen and oxygen atoms in total. The molecule has 0 N–H and O–H groups in total. The van der Waals surface area contributed by atoms with Crippen molar-refractivity contribution in [3.8, 4) is 0 Å². The van der Waals surface area contributed by atoms with Gasteiger partial charge in [-0.15, -0.1) is 0 Å². The lowest BCUT2D eigenvalue weighted by atomic mass is 10.4. The highest BCUT2D eigenvalue weighted by Crippen LogP contribution is 2.25. The van der Waals surface area contributed by atoms with Crippen molar-refractivity contribution in [2.75, 3.05) is 0 Å². The number of halogens is 2. The summed E-state index contributed by atoms with van der Waals surface area (Å²) < 4.78 is 75.7. The molecule has 0 saturated heterocycles. The van der Waals surface area contributed by atoms with Gasteiger partial charge in [-0.1, -0.05) is 0 Å². The van der Waals surface area contributed by atoms with Crippen LogP contribution in [0.3, 0.4) is 0 Å². The molecule has 0 aliphatic rings. The number of sulfonamides is 2. The molecule has 0 unspecified atom stereocenters. The first-order chi connectivity index (χ1) is 9.71. The van der Waals surface area contributed by atoms with Gasteiger partial charge in [0.15, 0.2) is 0 Å². The number of hydrogen-bond donors (Lipinski definition) is 0. The van der Waals surface area contributed by atoms with Crippen LogP contribution in [0.15, 0.2) is 58.3 Å². The first-order valence-electron chi connectivity index (χ1n) is 5.46. The van der Waals surface area contributed by atoms with Gasteiger partial charge in [0.05, 0.1) is 0 Å². The van der Waals surface area contributed by atoms with E-state index in [4.69, 9.17) is 0 Å². The Kier molecular flexibility index (Phi) is 4.08. The summed E-state index contributed by atoms with van der Waals surface area (Å²) in [7, 11) is -9.03. The Balaban J connectivity index is 2.35. The van der Waals surface area contributed by atoms with Crippen molar-refractivity contribution in [2.45, 2.75) is 9.79 Å². The van der Waals surface area contributed by atoms with E-state index in [2.05, 4.69) is 4.13 Å². The minimum Gasteiger partial charge on any atom is -0.428 e. The Bertz CT molecular complexity index is 772. The minimum absolute atomic E-state index is 0.463. The monoisotopic (exact) mass is 332 g/mol. The van der Waals surface area contributed by atoms with Crippen LogP contribution < -0.4 is 0 Å². The fraction of sp³-hybridized carbons (Fsp3) is 0. The Labute approximate surface area is 120 Å². The number of benzene rings is 2. The van der Waals surface area contributed by atoms with Gasteiger partial charge in [0.25, 0.3) is 0 Å². The van der Waals surface area contributed by atoms with E-state index in [-0.39, 0.29) is 0 Å². The summed E-state index contributed by atoms with van der Waals surface area (Å²) in [5.41, 5.74) is 0. The largest absolute Gasteiger partial charge is 0.428 e. The maximum Gasteiger partial charge on any atom is 0.123 e. The second-order valence-corrected chi connectivity index (χ2v) is 7.37. The molecule has 0 amide bonds. The van der Waals surface area contributed by atoms with Gasteiger partial charge in [-0.3, -0.25) is 0 Å². The summed E-state index contributed by atoms with van der Waals surface area (Å²) in [5.74, 6) is -1.34. The number of nitrogens with zero attached hydrogens (tertiary/aromatic N) is 1. The van der Waals surface area contributed by atoms with Crippen molar-refractivity contribution in [1.82, 2.24) is 0 Å². The van der Waals surface area contributed by atoms with Crippen molar-refractivity contribution >= 4 is 20.0 Å². The van der Waals surface area contributed by atoms with Gasteiger partial charge in [0, 0.05) is 9.79 Å². The lowest BCUT2D eigenvalue weighted by molar-refractivity contribution is 0.594. The molecule has 0 radical (unpaired) electrons. The first-order valence-corrected chi connectivity index (χ1v) is 8.34. The summed E-state index contributed by atoms with van der Waals surface area (Å²) in [6, 6.07) is 7.06. The van der Waals surface area contributed by atoms with Gasteiger partial charge in [-0.25, -0.2) is 25.6 Å². The molecule has 9 heteroatoms. The van der Waals surface area contributed by atoms with Gasteiger partial charge < -0.3 is 4.13 Å². The van der Waals surface area contributed by atoms with Gasteiger partial charge in [0.1, 0.15) is 31.7 Å². The minimum atomic E-state index is -4.52. The molecule has 2 aromatic rings. The van der Waals surface area contributed by atoms with Crippen LogP contribution in [-0.2, 0) is 20.0 Å². The van der Waals surface area contributed by atoms with E-state index in [9.17, 15) is 25.6 Å². The van der Waals surface area contributed by atoms with E-state index in [1.807, 2.05) is 0 Å². The maximum absolute atomic E-state index is 12.7. The third-order valence-corrected chi connectivity index (χ3v) is 5.73. The van der Waals surface area contributed by atoms with E-state index in [0.29, 0.717) is 0 Å². The third kappa shape index (κ3) is 3.63. The average molecular weight is 332 g/mol. The average Bonchev–Trinajstić information content (AvgIpc) is 2.38. The van der Waals surface area contributed by atoms with E-state index in [1.54, 1.807) is 0 Å². The lowest BCUT2D eigenvalue weighted by Crippen LogP contribution is -2.08. The highest BCUT2D eigenvalue weighted by atomic mass is 32.3. The van der Waals surface area contributed by atoms with Crippen LogP contribution in [0.4, 0.5) is 8.78 Å². The zero-order valence-corrected chi connectivity index (χ0v) is 11.9. The quantitative estimate of drug-likeness (QED) is 0.861. The molecule has 2 rings (SSSR count). The van der Waals surface area contributed by atoms with Crippen LogP contribution in [-0.4, -0.2) is 16.8 Å². The summed E-state index contributed by atoms with van der Waals surface area (Å²) in [4.78, 5) is -0.927. The predicted molar refractivity (Wildman–Crippen MR) is 70.5 cm³/mol. The van der Waals surface area contributed by atoms with E-state index >= 15 is 0 Å². The Morgan fingerprint density at radius 3 is 1.19 bits per heavy atom. The van der Waals surface area contributed by atoms with E-state index in [0.717, 1.165) is 48.5 Å². The third-order valence-electron chi connectivity index (χ3n) is 2.42. The van der Waals surface area contributed by atoms with Crippen molar-refractivity contribution in [1.29, 1.82) is 0 Å². The van der Waals surface area contributed by atoms with E-state index in [1.165, 1.54) is 0 Å². The summed E-state index contributed by atoms with van der Waals surface area (Å²) in [6.45, 7) is 0. The molecule has 0 heterocycles. The van der Waals surface area contributed by atoms with Crippen LogP contribution in [0.25, 0.3) is 4.13 Å². The van der Waals surface area contributed by atoms with Gasteiger partial charge >= 0.3 is 0 Å². The molecule has 0 saturated carbocycles. The molecule has 0 fully saturated rings. The lowest BCUT2D eigenvalue weighted by Gasteiger charge is -2.20. The summed E-state index contributed by atoms with van der Waals surface area (Å²) in [6.07, 6.45) is 0. The highest BCUT2D eigenvalue weighted by Gasteiger charge is 2.13. The Morgan fingerprint density at radius 2 is 0.905 bits per heavy atom. The maximum atomic E-state index is 12.7. The van der Waals surface area contributed by atoms with Crippen molar-refractivity contribution in [3.63, 3.8) is 0 Å². The summed E-state index contributed by atoms with van der Waals surface area (Å²) >= 11 is 0. The molecule has 0 bridgehead atoms. The SMILES string of the molecule is O=S(=O)([N-]S(=O)(=O)c1ccc(F)cc1)c1ccc(F)cc1. The highest BCUT2D eigenvalue weighted by molar-refractivity contribution is 8.12. The predicted octanol–water partition coefficient (Wildman–Crippen LogP) is 2.42. The smallest absolute Gasteiger partial charge is 0.123 e. The van der Waals surface area contributed by atoms with Crippen LogP contribution in [0.2, 0.25) is 0 Å². The van der Waals surface area contributed by atoms with Crippen LogP contribution in [0.5, 0.6) is 0 Å². The van der Waals surface area contributed by atoms with E-state index < -0.39 is 41.5 Å². The summed E-state index contributed by atoms with van der Waals surface area (Å²) in [5, 5.41) is 0. The molecule has 0 aromatic heterocycles. The second kappa shape index (κ2) is 5.51. The Morgan fingerprint density at radius 1 is 0.619 bits per heavy atom. The molecular weight excluding hydrogens is 324 g/mol. The van der Waals surface area contributed by atoms with Crippen molar-refractivity contribution in [3.05, 3.63) is 64.3 Å². The zero-order chi connectivity index (χ0) is 15.7. The number of rotatable bonds is 4. The molecule has 2 aromatic carbocycles. The van der Waals surface area contributed by atoms with Crippen LogP contribution >= 0.6 is 0 Å².